The van der Waals surface area contributed by atoms with Crippen LogP contribution in [0.25, 0.3) is 0 Å². The van der Waals surface area contributed by atoms with Gasteiger partial charge in [0.2, 0.25) is 0 Å². The Morgan fingerprint density at radius 3 is 2.00 bits per heavy atom. The van der Waals surface area contributed by atoms with Gasteiger partial charge in [-0.3, -0.25) is 0 Å². The summed E-state index contributed by atoms with van der Waals surface area (Å²) in [6.45, 7) is 30.3. The second kappa shape index (κ2) is 21.0. The molecule has 44 heavy (non-hydrogen) atoms. The summed E-state index contributed by atoms with van der Waals surface area (Å²) in [6.07, 6.45) is 4.57. The molecule has 5 nitrogen and oxygen atoms in total. The smallest absolute Gasteiger partial charge is 0.191 e. The Kier molecular flexibility index (Phi) is 19.6. The second-order valence-corrected chi connectivity index (χ2v) is 25.0. The van der Waals surface area contributed by atoms with Crippen LogP contribution >= 0.6 is 0 Å². The zero-order chi connectivity index (χ0) is 33.3. The Morgan fingerprint density at radius 2 is 1.48 bits per heavy atom. The van der Waals surface area contributed by atoms with Gasteiger partial charge in [-0.25, -0.2) is 0 Å². The van der Waals surface area contributed by atoms with Crippen LogP contribution in [0, 0.1) is 23.7 Å². The zero-order valence-corrected chi connectivity index (χ0v) is 33.0. The maximum Gasteiger partial charge on any atom is 0.191 e. The average molecular weight is 651 g/mol. The molecular formula is C37H70O5Si2. The van der Waals surface area contributed by atoms with Gasteiger partial charge in [-0.15, -0.1) is 0 Å². The van der Waals surface area contributed by atoms with Crippen molar-refractivity contribution in [2.24, 2.45) is 23.7 Å². The quantitative estimate of drug-likeness (QED) is 0.0482. The van der Waals surface area contributed by atoms with Crippen LogP contribution in [0.1, 0.15) is 80.7 Å². The molecule has 0 saturated heterocycles. The van der Waals surface area contributed by atoms with Crippen molar-refractivity contribution >= 4 is 16.4 Å². The van der Waals surface area contributed by atoms with E-state index in [1.807, 2.05) is 12.1 Å². The highest BCUT2D eigenvalue weighted by Crippen LogP contribution is 2.31. The Balaban J connectivity index is 3.07. The third-order valence-electron chi connectivity index (χ3n) is 9.53. The van der Waals surface area contributed by atoms with Crippen molar-refractivity contribution in [3.05, 3.63) is 41.5 Å². The standard InChI is InChI=1S/C37H70O5Si2/c1-14-31(7)36(40-27-34-18-20-35(38-10)21-19-34)33(9)37(41-28-39-22-23-43(11,12)13)32(8)25-29(5)24-30(6)26-42-44(15-2,16-3)17-4/h18-21,25,30-33,36-37H,14-17,22-24,26-28H2,1-13H3/b29-25+/t30-,31+,32+,33-,36+,37+/m0/s1. The lowest BCUT2D eigenvalue weighted by Crippen LogP contribution is -2.41. The summed E-state index contributed by atoms with van der Waals surface area (Å²) < 4.78 is 31.3. The van der Waals surface area contributed by atoms with Gasteiger partial charge in [0.25, 0.3) is 0 Å². The fourth-order valence-corrected chi connectivity index (χ4v) is 9.62. The molecule has 0 N–H and O–H groups in total. The van der Waals surface area contributed by atoms with Crippen LogP contribution in [-0.4, -0.2) is 55.7 Å². The number of ether oxygens (including phenoxy) is 4. The summed E-state index contributed by atoms with van der Waals surface area (Å²) in [5.41, 5.74) is 2.56. The fourth-order valence-electron chi connectivity index (χ4n) is 6.11. The first-order chi connectivity index (χ1) is 20.7. The lowest BCUT2D eigenvalue weighted by molar-refractivity contribution is -0.144. The highest BCUT2D eigenvalue weighted by atomic mass is 28.4. The van der Waals surface area contributed by atoms with E-state index in [0.29, 0.717) is 25.2 Å². The minimum atomic E-state index is -1.57. The maximum atomic E-state index is 6.70. The number of rotatable bonds is 24. The van der Waals surface area contributed by atoms with Crippen LogP contribution in [0.4, 0.5) is 0 Å². The van der Waals surface area contributed by atoms with Crippen LogP contribution in [0.5, 0.6) is 5.75 Å². The Bertz CT molecular complexity index is 901. The van der Waals surface area contributed by atoms with Crippen LogP contribution in [-0.2, 0) is 25.2 Å². The van der Waals surface area contributed by atoms with Crippen molar-refractivity contribution in [2.75, 3.05) is 27.1 Å². The van der Waals surface area contributed by atoms with Gasteiger partial charge in [0.1, 0.15) is 12.5 Å². The largest absolute Gasteiger partial charge is 0.497 e. The minimum absolute atomic E-state index is 0.0152. The number of benzene rings is 1. The highest BCUT2D eigenvalue weighted by Gasteiger charge is 2.34. The molecule has 0 fully saturated rings. The molecule has 0 unspecified atom stereocenters. The third kappa shape index (κ3) is 15.1. The van der Waals surface area contributed by atoms with E-state index < -0.39 is 16.4 Å². The van der Waals surface area contributed by atoms with Gasteiger partial charge in [0.15, 0.2) is 8.32 Å². The molecule has 6 atom stereocenters. The molecule has 0 aliphatic heterocycles. The van der Waals surface area contributed by atoms with Gasteiger partial charge in [0, 0.05) is 33.1 Å². The first-order valence-corrected chi connectivity index (χ1v) is 23.7. The average Bonchev–Trinajstić information content (AvgIpc) is 2.99. The zero-order valence-electron chi connectivity index (χ0n) is 31.0. The molecule has 0 aromatic heterocycles. The molecule has 1 aromatic rings. The number of allylic oxidation sites excluding steroid dienone is 1. The van der Waals surface area contributed by atoms with E-state index in [1.165, 1.54) is 23.7 Å². The first kappa shape index (κ1) is 41.1. The molecular weight excluding hydrogens is 581 g/mol. The van der Waals surface area contributed by atoms with Gasteiger partial charge < -0.3 is 23.4 Å². The molecule has 0 heterocycles. The maximum absolute atomic E-state index is 6.70. The second-order valence-electron chi connectivity index (χ2n) is 14.6. The molecule has 0 spiro atoms. The summed E-state index contributed by atoms with van der Waals surface area (Å²) >= 11 is 0. The van der Waals surface area contributed by atoms with Gasteiger partial charge in [-0.1, -0.05) is 105 Å². The molecule has 0 saturated carbocycles. The summed E-state index contributed by atoms with van der Waals surface area (Å²) in [5, 5.41) is 0. The van der Waals surface area contributed by atoms with E-state index in [-0.39, 0.29) is 24.0 Å². The fraction of sp³-hybridized carbons (Fsp3) is 0.784. The summed E-state index contributed by atoms with van der Waals surface area (Å²) in [5.74, 6) is 2.18. The minimum Gasteiger partial charge on any atom is -0.497 e. The molecule has 0 bridgehead atoms. The van der Waals surface area contributed by atoms with E-state index in [4.69, 9.17) is 23.4 Å². The summed E-state index contributed by atoms with van der Waals surface area (Å²) in [6, 6.07) is 12.9. The number of hydrogen-bond acceptors (Lipinski definition) is 5. The van der Waals surface area contributed by atoms with E-state index in [0.717, 1.165) is 43.4 Å². The first-order valence-electron chi connectivity index (χ1n) is 17.5. The molecule has 7 heteroatoms. The third-order valence-corrected chi connectivity index (χ3v) is 15.9. The summed E-state index contributed by atoms with van der Waals surface area (Å²) in [7, 11) is -1.02. The monoisotopic (exact) mass is 650 g/mol. The van der Waals surface area contributed by atoms with Gasteiger partial charge in [-0.2, -0.15) is 0 Å². The van der Waals surface area contributed by atoms with Crippen molar-refractivity contribution in [3.8, 4) is 5.75 Å². The van der Waals surface area contributed by atoms with Crippen LogP contribution in [0.15, 0.2) is 35.9 Å². The van der Waals surface area contributed by atoms with Crippen molar-refractivity contribution < 1.29 is 23.4 Å². The molecule has 0 radical (unpaired) electrons. The molecule has 0 aliphatic carbocycles. The van der Waals surface area contributed by atoms with E-state index >= 15 is 0 Å². The predicted molar refractivity (Wildman–Crippen MR) is 194 cm³/mol. The predicted octanol–water partition coefficient (Wildman–Crippen LogP) is 10.6. The number of hydrogen-bond donors (Lipinski definition) is 0. The van der Waals surface area contributed by atoms with E-state index in [1.54, 1.807) is 7.11 Å². The Labute approximate surface area is 275 Å². The lowest BCUT2D eigenvalue weighted by Gasteiger charge is -2.37. The topological polar surface area (TPSA) is 46.2 Å². The SMILES string of the molecule is CC[C@@H](C)[C@@H](OCc1ccc(OC)cc1)[C@H](C)[C@H](OCOCC[Si](C)(C)C)[C@H](C)/C=C(\C)C[C@H](C)CO[Si](CC)(CC)CC. The number of methoxy groups -OCH3 is 1. The van der Waals surface area contributed by atoms with Crippen molar-refractivity contribution in [1.29, 1.82) is 0 Å². The molecule has 1 rings (SSSR count). The summed E-state index contributed by atoms with van der Waals surface area (Å²) in [4.78, 5) is 0. The van der Waals surface area contributed by atoms with Gasteiger partial charge >= 0.3 is 0 Å². The van der Waals surface area contributed by atoms with E-state index in [2.05, 4.69) is 100 Å². The van der Waals surface area contributed by atoms with Crippen LogP contribution < -0.4 is 4.74 Å². The van der Waals surface area contributed by atoms with Crippen molar-refractivity contribution in [2.45, 2.75) is 138 Å². The van der Waals surface area contributed by atoms with Gasteiger partial charge in [0.05, 0.1) is 25.9 Å². The molecule has 256 valence electrons. The van der Waals surface area contributed by atoms with Crippen LogP contribution in [0.2, 0.25) is 43.8 Å². The van der Waals surface area contributed by atoms with Crippen molar-refractivity contribution in [3.63, 3.8) is 0 Å². The normalized spacial score (nSPS) is 17.2. The molecule has 0 aliphatic rings. The highest BCUT2D eigenvalue weighted by molar-refractivity contribution is 6.76. The lowest BCUT2D eigenvalue weighted by atomic mass is 9.82. The van der Waals surface area contributed by atoms with Crippen LogP contribution in [0.3, 0.4) is 0 Å². The van der Waals surface area contributed by atoms with E-state index in [9.17, 15) is 0 Å². The van der Waals surface area contributed by atoms with Crippen molar-refractivity contribution in [1.82, 2.24) is 0 Å². The Hall–Kier alpha value is -0.966. The molecule has 0 amide bonds. The van der Waals surface area contributed by atoms with Gasteiger partial charge in [-0.05, 0) is 67.1 Å². The Morgan fingerprint density at radius 1 is 0.864 bits per heavy atom. The molecule has 1 aromatic carbocycles.